The van der Waals surface area contributed by atoms with E-state index in [-0.39, 0.29) is 11.4 Å². The van der Waals surface area contributed by atoms with Crippen molar-refractivity contribution in [1.29, 1.82) is 5.41 Å². The number of halogens is 1. The van der Waals surface area contributed by atoms with Crippen LogP contribution in [-0.4, -0.2) is 31.5 Å². The van der Waals surface area contributed by atoms with Crippen LogP contribution < -0.4 is 0 Å². The third-order valence-corrected chi connectivity index (χ3v) is 6.64. The van der Waals surface area contributed by atoms with E-state index in [1.165, 1.54) is 16.8 Å². The van der Waals surface area contributed by atoms with Crippen LogP contribution in [0.4, 0.5) is 0 Å². The second-order valence-corrected chi connectivity index (χ2v) is 8.64. The number of fused-ring (bicyclic) bond motifs is 2. The van der Waals surface area contributed by atoms with Gasteiger partial charge in [-0.2, -0.15) is 15.1 Å². The van der Waals surface area contributed by atoms with Gasteiger partial charge in [-0.15, -0.1) is 0 Å². The van der Waals surface area contributed by atoms with Gasteiger partial charge in [-0.05, 0) is 42.0 Å². The van der Waals surface area contributed by atoms with Crippen molar-refractivity contribution in [2.45, 2.75) is 19.9 Å². The Bertz CT molecular complexity index is 1340. The molecule has 0 spiro atoms. The first-order valence-corrected chi connectivity index (χ1v) is 11.0. The summed E-state index contributed by atoms with van der Waals surface area (Å²) in [7, 11) is 0. The number of rotatable bonds is 4. The molecule has 1 aromatic heterocycles. The number of nitrogens with one attached hydrogen (secondary N) is 1. The zero-order valence-corrected chi connectivity index (χ0v) is 18.2. The van der Waals surface area contributed by atoms with Gasteiger partial charge in [0.15, 0.2) is 5.84 Å². The molecule has 0 bridgehead atoms. The Morgan fingerprint density at radius 1 is 1.16 bits per heavy atom. The number of nitrogens with zero attached hydrogens (tertiary/aromatic N) is 4. The Morgan fingerprint density at radius 3 is 2.74 bits per heavy atom. The maximum atomic E-state index is 12.7. The van der Waals surface area contributed by atoms with Crippen LogP contribution in [0, 0.1) is 5.41 Å². The fraction of sp³-hybridized carbons (Fsp3) is 0.130. The number of aliphatic imine (C=N–C) groups is 1. The van der Waals surface area contributed by atoms with Crippen LogP contribution in [0.5, 0.6) is 0 Å². The predicted molar refractivity (Wildman–Crippen MR) is 128 cm³/mol. The number of amidine groups is 2. The number of aromatic nitrogens is 1. The largest absolute Gasteiger partial charge is 0.342 e. The van der Waals surface area contributed by atoms with Crippen LogP contribution in [0.15, 0.2) is 70.4 Å². The van der Waals surface area contributed by atoms with Crippen molar-refractivity contribution in [1.82, 2.24) is 9.58 Å². The first-order chi connectivity index (χ1) is 15.0. The molecule has 0 atom stereocenters. The fourth-order valence-corrected chi connectivity index (χ4v) is 4.68. The number of carbonyl (C=O) groups is 1. The summed E-state index contributed by atoms with van der Waals surface area (Å²) in [6.07, 6.45) is 4.46. The number of carbonyl (C=O) groups excluding carboxylic acids is 1. The molecule has 1 N–H and O–H groups in total. The van der Waals surface area contributed by atoms with Crippen molar-refractivity contribution in [3.63, 3.8) is 0 Å². The van der Waals surface area contributed by atoms with Gasteiger partial charge in [0, 0.05) is 34.2 Å². The number of hydrazone groups is 1. The van der Waals surface area contributed by atoms with Crippen LogP contribution in [0.1, 0.15) is 24.5 Å². The van der Waals surface area contributed by atoms with Crippen molar-refractivity contribution in [2.75, 3.05) is 0 Å². The molecular weight excluding hydrogens is 430 g/mol. The van der Waals surface area contributed by atoms with Crippen molar-refractivity contribution in [2.24, 2.45) is 10.1 Å². The second-order valence-electron chi connectivity index (χ2n) is 7.19. The molecule has 0 saturated carbocycles. The van der Waals surface area contributed by atoms with Crippen molar-refractivity contribution in [3.05, 3.63) is 76.5 Å². The summed E-state index contributed by atoms with van der Waals surface area (Å²) < 4.78 is 2.10. The maximum Gasteiger partial charge on any atom is 0.283 e. The van der Waals surface area contributed by atoms with Crippen molar-refractivity contribution < 1.29 is 4.79 Å². The Labute approximate surface area is 188 Å². The van der Waals surface area contributed by atoms with Gasteiger partial charge >= 0.3 is 0 Å². The van der Waals surface area contributed by atoms with Gasteiger partial charge in [0.05, 0.1) is 5.57 Å². The minimum absolute atomic E-state index is 0.0499. The Morgan fingerprint density at radius 2 is 1.94 bits per heavy atom. The van der Waals surface area contributed by atoms with E-state index in [9.17, 15) is 4.79 Å². The zero-order chi connectivity index (χ0) is 21.5. The molecule has 6 nitrogen and oxygen atoms in total. The SMILES string of the molecule is CCC1=NN2C(=N)/C(=C/c3cn(Cc4ccccc4Cl)c4ccccc34)C(=O)N=C2S1. The van der Waals surface area contributed by atoms with Crippen LogP contribution in [0.3, 0.4) is 0 Å². The highest BCUT2D eigenvalue weighted by Crippen LogP contribution is 2.31. The van der Waals surface area contributed by atoms with Crippen LogP contribution in [0.2, 0.25) is 5.02 Å². The van der Waals surface area contributed by atoms with E-state index < -0.39 is 5.91 Å². The Kier molecular flexibility index (Phi) is 5.00. The fourth-order valence-electron chi connectivity index (χ4n) is 3.66. The lowest BCUT2D eigenvalue weighted by atomic mass is 10.1. The average Bonchev–Trinajstić information content (AvgIpc) is 3.34. The number of hydrogen-bond donors (Lipinski definition) is 1. The first-order valence-electron chi connectivity index (χ1n) is 9.85. The lowest BCUT2D eigenvalue weighted by Gasteiger charge is -2.20. The highest BCUT2D eigenvalue weighted by atomic mass is 35.5. The van der Waals surface area contributed by atoms with E-state index in [1.54, 1.807) is 6.08 Å². The van der Waals surface area contributed by atoms with Gasteiger partial charge < -0.3 is 4.57 Å². The zero-order valence-electron chi connectivity index (χ0n) is 16.7. The van der Waals surface area contributed by atoms with E-state index in [0.717, 1.165) is 33.5 Å². The minimum atomic E-state index is -0.417. The van der Waals surface area contributed by atoms with Gasteiger partial charge in [-0.1, -0.05) is 54.9 Å². The molecule has 0 fully saturated rings. The molecule has 0 aliphatic carbocycles. The molecule has 2 aromatic carbocycles. The number of benzene rings is 2. The molecule has 0 unspecified atom stereocenters. The van der Waals surface area contributed by atoms with Gasteiger partial charge in [0.1, 0.15) is 5.04 Å². The van der Waals surface area contributed by atoms with Gasteiger partial charge in [0.2, 0.25) is 5.17 Å². The number of thioether (sulfide) groups is 1. The summed E-state index contributed by atoms with van der Waals surface area (Å²) in [6, 6.07) is 15.7. The number of hydrogen-bond acceptors (Lipinski definition) is 4. The lowest BCUT2D eigenvalue weighted by molar-refractivity contribution is -0.114. The molecule has 31 heavy (non-hydrogen) atoms. The molecule has 0 radical (unpaired) electrons. The van der Waals surface area contributed by atoms with E-state index in [1.807, 2.05) is 61.7 Å². The Balaban J connectivity index is 1.58. The molecule has 2 aliphatic heterocycles. The van der Waals surface area contributed by atoms with Crippen LogP contribution in [0.25, 0.3) is 17.0 Å². The Hall–Kier alpha value is -3.16. The molecule has 2 aliphatic rings. The molecule has 5 rings (SSSR count). The molecule has 8 heteroatoms. The van der Waals surface area contributed by atoms with Gasteiger partial charge in [-0.25, -0.2) is 0 Å². The minimum Gasteiger partial charge on any atom is -0.342 e. The smallest absolute Gasteiger partial charge is 0.283 e. The average molecular weight is 448 g/mol. The second kappa shape index (κ2) is 7.83. The summed E-state index contributed by atoms with van der Waals surface area (Å²) in [5, 5.41) is 17.4. The van der Waals surface area contributed by atoms with Gasteiger partial charge in [-0.3, -0.25) is 10.2 Å². The third kappa shape index (κ3) is 3.49. The monoisotopic (exact) mass is 447 g/mol. The highest BCUT2D eigenvalue weighted by molar-refractivity contribution is 8.26. The normalized spacial score (nSPS) is 17.4. The molecular formula is C23H18ClN5OS. The van der Waals surface area contributed by atoms with Gasteiger partial charge in [0.25, 0.3) is 5.91 Å². The third-order valence-electron chi connectivity index (χ3n) is 5.22. The summed E-state index contributed by atoms with van der Waals surface area (Å²) >= 11 is 7.71. The van der Waals surface area contributed by atoms with Crippen molar-refractivity contribution in [3.8, 4) is 0 Å². The molecule has 0 saturated heterocycles. The first kappa shape index (κ1) is 19.8. The molecule has 154 valence electrons. The number of amides is 1. The van der Waals surface area contributed by atoms with E-state index in [2.05, 4.69) is 14.7 Å². The summed E-state index contributed by atoms with van der Waals surface area (Å²) in [6.45, 7) is 2.59. The molecule has 3 heterocycles. The van der Waals surface area contributed by atoms with Crippen LogP contribution >= 0.6 is 23.4 Å². The van der Waals surface area contributed by atoms with E-state index >= 15 is 0 Å². The summed E-state index contributed by atoms with van der Waals surface area (Å²) in [5.41, 5.74) is 3.11. The summed E-state index contributed by atoms with van der Waals surface area (Å²) in [4.78, 5) is 16.9. The highest BCUT2D eigenvalue weighted by Gasteiger charge is 2.35. The standard InChI is InChI=1S/C23H18ClN5OS/c1-2-20-27-29-21(25)17(22(30)26-23(29)31-20)11-15-13-28(19-10-6-4-8-16(15)19)12-14-7-3-5-9-18(14)24/h3-11,13,25H,2,12H2,1H3/b17-11-,25-21?. The lowest BCUT2D eigenvalue weighted by Crippen LogP contribution is -2.35. The maximum absolute atomic E-state index is 12.7. The molecule has 1 amide bonds. The van der Waals surface area contributed by atoms with Crippen molar-refractivity contribution >= 4 is 62.3 Å². The summed E-state index contributed by atoms with van der Waals surface area (Å²) in [5.74, 6) is -0.367. The topological polar surface area (TPSA) is 73.8 Å². The molecule has 3 aromatic rings. The van der Waals surface area contributed by atoms with Crippen LogP contribution in [-0.2, 0) is 11.3 Å². The quantitative estimate of drug-likeness (QED) is 0.546. The number of para-hydroxylation sites is 1. The van der Waals surface area contributed by atoms with E-state index in [0.29, 0.717) is 16.7 Å². The van der Waals surface area contributed by atoms with E-state index in [4.69, 9.17) is 17.0 Å². The predicted octanol–water partition coefficient (Wildman–Crippen LogP) is 5.37.